The molecule has 0 spiro atoms. The lowest BCUT2D eigenvalue weighted by atomic mass is 10.1. The van der Waals surface area contributed by atoms with Crippen LogP contribution in [0.4, 0.5) is 11.6 Å². The van der Waals surface area contributed by atoms with Crippen molar-refractivity contribution in [3.05, 3.63) is 11.4 Å². The van der Waals surface area contributed by atoms with Crippen LogP contribution in [0.1, 0.15) is 48.9 Å². The number of nitrogens with two attached hydrogens (primary N) is 1. The van der Waals surface area contributed by atoms with Gasteiger partial charge >= 0.3 is 0 Å². The zero-order chi connectivity index (χ0) is 13.4. The summed E-state index contributed by atoms with van der Waals surface area (Å²) in [5.41, 5.74) is 9.29. The van der Waals surface area contributed by atoms with Crippen molar-refractivity contribution in [2.75, 3.05) is 38.2 Å². The summed E-state index contributed by atoms with van der Waals surface area (Å²) >= 11 is 0. The van der Waals surface area contributed by atoms with E-state index in [2.05, 4.69) is 34.3 Å². The molecule has 3 rings (SSSR count). The van der Waals surface area contributed by atoms with Crippen LogP contribution in [0.5, 0.6) is 0 Å². The second-order valence-corrected chi connectivity index (χ2v) is 6.01. The maximum atomic E-state index is 6.25. The Morgan fingerprint density at radius 3 is 2.05 bits per heavy atom. The fourth-order valence-electron chi connectivity index (χ4n) is 2.31. The molecular weight excluding hydrogens is 238 g/mol. The molecule has 2 aliphatic rings. The van der Waals surface area contributed by atoms with E-state index in [-0.39, 0.29) is 0 Å². The predicted octanol–water partition coefficient (Wildman–Crippen LogP) is 1.79. The van der Waals surface area contributed by atoms with Crippen LogP contribution in [0, 0.1) is 0 Å². The fourth-order valence-corrected chi connectivity index (χ4v) is 2.31. The Morgan fingerprint density at radius 1 is 1.11 bits per heavy atom. The van der Waals surface area contributed by atoms with E-state index < -0.39 is 0 Å². The van der Waals surface area contributed by atoms with Crippen LogP contribution in [0.3, 0.4) is 0 Å². The van der Waals surface area contributed by atoms with Gasteiger partial charge in [-0.1, -0.05) is 0 Å². The smallest absolute Gasteiger partial charge is 0.223 e. The summed E-state index contributed by atoms with van der Waals surface area (Å²) in [7, 11) is 4.13. The Hall–Kier alpha value is -1.36. The van der Waals surface area contributed by atoms with Crippen LogP contribution >= 0.6 is 0 Å². The van der Waals surface area contributed by atoms with Crippen molar-refractivity contribution in [2.24, 2.45) is 0 Å². The first kappa shape index (κ1) is 12.7. The van der Waals surface area contributed by atoms with E-state index in [9.17, 15) is 0 Å². The molecule has 1 heterocycles. The Balaban J connectivity index is 1.78. The van der Waals surface area contributed by atoms with E-state index in [0.29, 0.717) is 11.8 Å². The van der Waals surface area contributed by atoms with Gasteiger partial charge in [-0.25, -0.2) is 9.97 Å². The van der Waals surface area contributed by atoms with Crippen molar-refractivity contribution in [1.82, 2.24) is 14.9 Å². The molecule has 5 heteroatoms. The lowest BCUT2D eigenvalue weighted by Gasteiger charge is -2.14. The molecule has 0 radical (unpaired) electrons. The van der Waals surface area contributed by atoms with Crippen molar-refractivity contribution < 1.29 is 0 Å². The Bertz CT molecular complexity index is 430. The normalized spacial score (nSPS) is 18.9. The number of hydrogen-bond donors (Lipinski definition) is 2. The van der Waals surface area contributed by atoms with Gasteiger partial charge in [0, 0.05) is 24.9 Å². The molecule has 1 aromatic heterocycles. The van der Waals surface area contributed by atoms with Gasteiger partial charge in [0.15, 0.2) is 0 Å². The Morgan fingerprint density at radius 2 is 1.63 bits per heavy atom. The number of nitrogens with one attached hydrogen (secondary N) is 1. The molecule has 2 aliphatic carbocycles. The summed E-state index contributed by atoms with van der Waals surface area (Å²) in [6, 6.07) is 0. The molecule has 0 aliphatic heterocycles. The highest BCUT2D eigenvalue weighted by molar-refractivity contribution is 5.55. The molecule has 5 nitrogen and oxygen atoms in total. The van der Waals surface area contributed by atoms with Crippen LogP contribution < -0.4 is 11.1 Å². The van der Waals surface area contributed by atoms with Crippen molar-refractivity contribution >= 4 is 11.6 Å². The summed E-state index contributed by atoms with van der Waals surface area (Å²) in [5.74, 6) is 1.92. The first-order valence-electron chi connectivity index (χ1n) is 7.21. The summed E-state index contributed by atoms with van der Waals surface area (Å²) in [4.78, 5) is 11.4. The van der Waals surface area contributed by atoms with Gasteiger partial charge in [-0.2, -0.15) is 0 Å². The zero-order valence-corrected chi connectivity index (χ0v) is 11.8. The van der Waals surface area contributed by atoms with E-state index in [0.717, 1.165) is 36.1 Å². The topological polar surface area (TPSA) is 67.1 Å². The molecule has 3 N–H and O–H groups in total. The monoisotopic (exact) mass is 261 g/mol. The van der Waals surface area contributed by atoms with Crippen LogP contribution in [0.15, 0.2) is 0 Å². The average molecular weight is 261 g/mol. The molecule has 104 valence electrons. The summed E-state index contributed by atoms with van der Waals surface area (Å²) < 4.78 is 0. The lowest BCUT2D eigenvalue weighted by molar-refractivity contribution is 0.425. The minimum Gasteiger partial charge on any atom is -0.396 e. The third-order valence-electron chi connectivity index (χ3n) is 3.77. The van der Waals surface area contributed by atoms with E-state index >= 15 is 0 Å². The van der Waals surface area contributed by atoms with E-state index in [1.165, 1.54) is 25.7 Å². The van der Waals surface area contributed by atoms with Crippen LogP contribution in [-0.2, 0) is 0 Å². The highest BCUT2D eigenvalue weighted by Gasteiger charge is 2.34. The van der Waals surface area contributed by atoms with Crippen molar-refractivity contribution in [3.63, 3.8) is 0 Å². The van der Waals surface area contributed by atoms with E-state index in [1.54, 1.807) is 0 Å². The van der Waals surface area contributed by atoms with Gasteiger partial charge < -0.3 is 16.0 Å². The van der Waals surface area contributed by atoms with Crippen LogP contribution in [0.25, 0.3) is 0 Å². The molecule has 19 heavy (non-hydrogen) atoms. The fraction of sp³-hybridized carbons (Fsp3) is 0.714. The third-order valence-corrected chi connectivity index (χ3v) is 3.77. The van der Waals surface area contributed by atoms with Gasteiger partial charge in [0.1, 0.15) is 0 Å². The van der Waals surface area contributed by atoms with E-state index in [1.807, 2.05) is 0 Å². The number of rotatable bonds is 6. The summed E-state index contributed by atoms with van der Waals surface area (Å²) in [6.07, 6.45) is 4.90. The number of likely N-dealkylation sites (N-methyl/N-ethyl adjacent to an activating group) is 1. The second kappa shape index (κ2) is 4.96. The zero-order valence-electron chi connectivity index (χ0n) is 11.8. The number of hydrogen-bond acceptors (Lipinski definition) is 5. The Kier molecular flexibility index (Phi) is 3.31. The first-order chi connectivity index (χ1) is 9.15. The standard InChI is InChI=1S/C14H23N5/c1-19(2)8-7-16-14-17-12(9-3-4-9)11(15)13(18-14)10-5-6-10/h9-10H,3-8,15H2,1-2H3,(H,16,17,18). The summed E-state index contributed by atoms with van der Waals surface area (Å²) in [5, 5.41) is 3.33. The highest BCUT2D eigenvalue weighted by atomic mass is 15.1. The molecule has 0 saturated heterocycles. The molecule has 0 bridgehead atoms. The van der Waals surface area contributed by atoms with Gasteiger partial charge in [0.25, 0.3) is 0 Å². The number of aromatic nitrogens is 2. The highest BCUT2D eigenvalue weighted by Crippen LogP contribution is 2.47. The van der Waals surface area contributed by atoms with Crippen LogP contribution in [-0.4, -0.2) is 42.1 Å². The average Bonchev–Trinajstić information content (AvgIpc) is 3.24. The van der Waals surface area contributed by atoms with E-state index in [4.69, 9.17) is 5.73 Å². The molecule has 2 saturated carbocycles. The van der Waals surface area contributed by atoms with Gasteiger partial charge in [0.2, 0.25) is 5.95 Å². The molecule has 1 aromatic rings. The molecule has 2 fully saturated rings. The molecule has 0 aromatic carbocycles. The maximum Gasteiger partial charge on any atom is 0.223 e. The van der Waals surface area contributed by atoms with Crippen molar-refractivity contribution in [2.45, 2.75) is 37.5 Å². The number of anilines is 2. The van der Waals surface area contributed by atoms with Crippen LogP contribution in [0.2, 0.25) is 0 Å². The van der Waals surface area contributed by atoms with Gasteiger partial charge in [-0.3, -0.25) is 0 Å². The molecular formula is C14H23N5. The minimum atomic E-state index is 0.579. The largest absolute Gasteiger partial charge is 0.396 e. The number of nitrogens with zero attached hydrogens (tertiary/aromatic N) is 3. The molecule has 0 unspecified atom stereocenters. The molecule has 0 atom stereocenters. The third kappa shape index (κ3) is 2.97. The summed E-state index contributed by atoms with van der Waals surface area (Å²) in [6.45, 7) is 1.84. The second-order valence-electron chi connectivity index (χ2n) is 6.01. The van der Waals surface area contributed by atoms with Gasteiger partial charge in [-0.15, -0.1) is 0 Å². The predicted molar refractivity (Wildman–Crippen MR) is 77.4 cm³/mol. The van der Waals surface area contributed by atoms with Gasteiger partial charge in [0.05, 0.1) is 17.1 Å². The van der Waals surface area contributed by atoms with Crippen molar-refractivity contribution in [3.8, 4) is 0 Å². The minimum absolute atomic E-state index is 0.579. The quantitative estimate of drug-likeness (QED) is 0.817. The first-order valence-corrected chi connectivity index (χ1v) is 7.21. The molecule has 0 amide bonds. The number of nitrogen functional groups attached to an aromatic ring is 1. The van der Waals surface area contributed by atoms with Crippen molar-refractivity contribution in [1.29, 1.82) is 0 Å². The van der Waals surface area contributed by atoms with Gasteiger partial charge in [-0.05, 0) is 39.8 Å². The SMILES string of the molecule is CN(C)CCNc1nc(C2CC2)c(N)c(C2CC2)n1. The Labute approximate surface area is 114 Å². The lowest BCUT2D eigenvalue weighted by Crippen LogP contribution is -2.22. The maximum absolute atomic E-state index is 6.25.